The molecule has 3 rings (SSSR count). The summed E-state index contributed by atoms with van der Waals surface area (Å²) < 4.78 is 39.3. The Labute approximate surface area is 152 Å². The van der Waals surface area contributed by atoms with Gasteiger partial charge in [-0.3, -0.25) is 4.79 Å². The average Bonchev–Trinajstić information content (AvgIpc) is 3.09. The number of hydrogen-bond donors (Lipinski definition) is 1. The van der Waals surface area contributed by atoms with Crippen molar-refractivity contribution >= 4 is 17.3 Å². The fourth-order valence-corrected chi connectivity index (χ4v) is 2.32. The molecule has 0 aliphatic rings. The van der Waals surface area contributed by atoms with E-state index in [1.807, 2.05) is 19.0 Å². The van der Waals surface area contributed by atoms with E-state index in [9.17, 15) is 18.0 Å². The third-order valence-electron chi connectivity index (χ3n) is 3.69. The average molecular weight is 376 g/mol. The van der Waals surface area contributed by atoms with Crippen LogP contribution >= 0.6 is 0 Å². The van der Waals surface area contributed by atoms with Crippen LogP contribution in [0, 0.1) is 0 Å². The molecule has 7 nitrogen and oxygen atoms in total. The number of hydrogen-bond acceptors (Lipinski definition) is 5. The van der Waals surface area contributed by atoms with Crippen LogP contribution in [0.25, 0.3) is 5.82 Å². The van der Waals surface area contributed by atoms with Crippen LogP contribution in [0.15, 0.2) is 49.2 Å². The number of amides is 1. The van der Waals surface area contributed by atoms with Gasteiger partial charge in [0.25, 0.3) is 5.91 Å². The Morgan fingerprint density at radius 1 is 1.15 bits per heavy atom. The molecule has 0 unspecified atom stereocenters. The van der Waals surface area contributed by atoms with E-state index in [-0.39, 0.29) is 5.56 Å². The Morgan fingerprint density at radius 3 is 2.48 bits per heavy atom. The zero-order valence-corrected chi connectivity index (χ0v) is 14.4. The van der Waals surface area contributed by atoms with Crippen LogP contribution in [-0.2, 0) is 6.18 Å². The van der Waals surface area contributed by atoms with E-state index in [2.05, 4.69) is 20.4 Å². The lowest BCUT2D eigenvalue weighted by Gasteiger charge is -2.14. The van der Waals surface area contributed by atoms with Crippen molar-refractivity contribution in [3.63, 3.8) is 0 Å². The molecule has 0 saturated carbocycles. The molecule has 2 aromatic heterocycles. The van der Waals surface area contributed by atoms with Crippen LogP contribution in [0.5, 0.6) is 0 Å². The topological polar surface area (TPSA) is 75.9 Å². The maximum Gasteiger partial charge on any atom is 0.416 e. The van der Waals surface area contributed by atoms with E-state index in [1.165, 1.54) is 17.2 Å². The van der Waals surface area contributed by atoms with Crippen molar-refractivity contribution in [2.75, 3.05) is 24.3 Å². The summed E-state index contributed by atoms with van der Waals surface area (Å²) in [6, 6.07) is 3.97. The molecule has 2 heterocycles. The summed E-state index contributed by atoms with van der Waals surface area (Å²) in [7, 11) is 3.66. The fraction of sp³-hybridized carbons (Fsp3) is 0.176. The molecule has 0 bridgehead atoms. The number of halogens is 3. The predicted molar refractivity (Wildman–Crippen MR) is 92.9 cm³/mol. The van der Waals surface area contributed by atoms with Gasteiger partial charge in [-0.2, -0.15) is 18.3 Å². The highest BCUT2D eigenvalue weighted by Crippen LogP contribution is 2.29. The van der Waals surface area contributed by atoms with Gasteiger partial charge >= 0.3 is 6.18 Å². The maximum absolute atomic E-state index is 12.6. The van der Waals surface area contributed by atoms with Gasteiger partial charge in [0.05, 0.1) is 29.8 Å². The molecule has 140 valence electrons. The number of anilines is 2. The van der Waals surface area contributed by atoms with Gasteiger partial charge in [-0.25, -0.2) is 14.6 Å². The third-order valence-corrected chi connectivity index (χ3v) is 3.69. The lowest BCUT2D eigenvalue weighted by atomic mass is 10.1. The van der Waals surface area contributed by atoms with Gasteiger partial charge in [-0.05, 0) is 24.3 Å². The van der Waals surface area contributed by atoms with Crippen molar-refractivity contribution in [1.82, 2.24) is 19.7 Å². The summed E-state index contributed by atoms with van der Waals surface area (Å²) in [4.78, 5) is 22.2. The standard InChI is InChI=1S/C17H15F3N6O/c1-25(2)14-8-21-10-22-15(14)26-9-13(7-23-26)24-16(27)11-3-5-12(6-4-11)17(18,19)20/h3-10H,1-2H3,(H,24,27). The molecule has 0 atom stereocenters. The quantitative estimate of drug-likeness (QED) is 0.758. The fourth-order valence-electron chi connectivity index (χ4n) is 2.32. The highest BCUT2D eigenvalue weighted by molar-refractivity contribution is 6.04. The maximum atomic E-state index is 12.6. The van der Waals surface area contributed by atoms with E-state index in [0.29, 0.717) is 11.5 Å². The zero-order chi connectivity index (χ0) is 19.6. The lowest BCUT2D eigenvalue weighted by Crippen LogP contribution is -2.14. The SMILES string of the molecule is CN(C)c1cncnc1-n1cc(NC(=O)c2ccc(C(F)(F)F)cc2)cn1. The Hall–Kier alpha value is -3.43. The smallest absolute Gasteiger partial charge is 0.373 e. The van der Waals surface area contributed by atoms with E-state index in [0.717, 1.165) is 30.0 Å². The van der Waals surface area contributed by atoms with E-state index in [1.54, 1.807) is 12.4 Å². The van der Waals surface area contributed by atoms with E-state index in [4.69, 9.17) is 0 Å². The van der Waals surface area contributed by atoms with Crippen LogP contribution in [0.2, 0.25) is 0 Å². The summed E-state index contributed by atoms with van der Waals surface area (Å²) in [5, 5.41) is 6.75. The van der Waals surface area contributed by atoms with Crippen molar-refractivity contribution < 1.29 is 18.0 Å². The van der Waals surface area contributed by atoms with Crippen LogP contribution < -0.4 is 10.2 Å². The second-order valence-corrected chi connectivity index (χ2v) is 5.83. The molecule has 0 aliphatic carbocycles. The number of nitrogens with zero attached hydrogens (tertiary/aromatic N) is 5. The second kappa shape index (κ2) is 7.06. The molecule has 10 heteroatoms. The largest absolute Gasteiger partial charge is 0.416 e. The van der Waals surface area contributed by atoms with Gasteiger partial charge < -0.3 is 10.2 Å². The summed E-state index contributed by atoms with van der Waals surface area (Å²) >= 11 is 0. The molecule has 0 aliphatic heterocycles. The van der Waals surface area contributed by atoms with E-state index < -0.39 is 17.6 Å². The summed E-state index contributed by atoms with van der Waals surface area (Å²) in [6.45, 7) is 0. The first kappa shape index (κ1) is 18.4. The highest BCUT2D eigenvalue weighted by atomic mass is 19.4. The molecular formula is C17H15F3N6O. The molecule has 0 fully saturated rings. The normalized spacial score (nSPS) is 11.3. The number of carbonyl (C=O) groups excluding carboxylic acids is 1. The third kappa shape index (κ3) is 4.05. The van der Waals surface area contributed by atoms with Crippen molar-refractivity contribution in [2.45, 2.75) is 6.18 Å². The predicted octanol–water partition coefficient (Wildman–Crippen LogP) is 3.00. The molecule has 0 radical (unpaired) electrons. The molecule has 0 spiro atoms. The van der Waals surface area contributed by atoms with Gasteiger partial charge in [0.1, 0.15) is 12.0 Å². The summed E-state index contributed by atoms with van der Waals surface area (Å²) in [5.41, 5.74) is 0.392. The summed E-state index contributed by atoms with van der Waals surface area (Å²) in [6.07, 6.45) is 1.54. The Bertz CT molecular complexity index is 950. The Morgan fingerprint density at radius 2 is 1.85 bits per heavy atom. The summed E-state index contributed by atoms with van der Waals surface area (Å²) in [5.74, 6) is -0.0242. The molecular weight excluding hydrogens is 361 g/mol. The molecule has 3 aromatic rings. The van der Waals surface area contributed by atoms with Crippen molar-refractivity contribution in [3.8, 4) is 5.82 Å². The van der Waals surface area contributed by atoms with Crippen LogP contribution in [0.3, 0.4) is 0 Å². The first-order chi connectivity index (χ1) is 12.8. The molecule has 1 aromatic carbocycles. The minimum absolute atomic E-state index is 0.103. The van der Waals surface area contributed by atoms with E-state index >= 15 is 0 Å². The first-order valence-electron chi connectivity index (χ1n) is 7.76. The minimum atomic E-state index is -4.45. The van der Waals surface area contributed by atoms with Crippen molar-refractivity contribution in [2.24, 2.45) is 0 Å². The van der Waals surface area contributed by atoms with Gasteiger partial charge in [0.15, 0.2) is 5.82 Å². The molecule has 27 heavy (non-hydrogen) atoms. The molecule has 1 N–H and O–H groups in total. The monoisotopic (exact) mass is 376 g/mol. The van der Waals surface area contributed by atoms with Crippen LogP contribution in [0.4, 0.5) is 24.5 Å². The van der Waals surface area contributed by atoms with Crippen molar-refractivity contribution in [3.05, 3.63) is 60.3 Å². The Kier molecular flexibility index (Phi) is 4.80. The molecule has 1 amide bonds. The second-order valence-electron chi connectivity index (χ2n) is 5.83. The van der Waals surface area contributed by atoms with Gasteiger partial charge in [-0.1, -0.05) is 0 Å². The zero-order valence-electron chi connectivity index (χ0n) is 14.4. The highest BCUT2D eigenvalue weighted by Gasteiger charge is 2.30. The number of aromatic nitrogens is 4. The first-order valence-corrected chi connectivity index (χ1v) is 7.76. The minimum Gasteiger partial charge on any atom is -0.373 e. The lowest BCUT2D eigenvalue weighted by molar-refractivity contribution is -0.137. The van der Waals surface area contributed by atoms with Gasteiger partial charge in [0, 0.05) is 19.7 Å². The van der Waals surface area contributed by atoms with Crippen LogP contribution in [0.1, 0.15) is 15.9 Å². The number of carbonyl (C=O) groups is 1. The van der Waals surface area contributed by atoms with Gasteiger partial charge in [-0.15, -0.1) is 0 Å². The Balaban J connectivity index is 1.77. The van der Waals surface area contributed by atoms with Crippen LogP contribution in [-0.4, -0.2) is 39.8 Å². The van der Waals surface area contributed by atoms with Gasteiger partial charge in [0.2, 0.25) is 0 Å². The van der Waals surface area contributed by atoms with Crippen molar-refractivity contribution in [1.29, 1.82) is 0 Å². The number of nitrogens with one attached hydrogen (secondary N) is 1. The number of benzene rings is 1. The number of alkyl halides is 3. The molecule has 0 saturated heterocycles. The number of rotatable bonds is 4.